The fraction of sp³-hybridized carbons (Fsp3) is 0.316. The van der Waals surface area contributed by atoms with Gasteiger partial charge in [0, 0.05) is 35.8 Å². The number of halogens is 3. The van der Waals surface area contributed by atoms with E-state index in [1.54, 1.807) is 6.07 Å². The second kappa shape index (κ2) is 8.33. The van der Waals surface area contributed by atoms with E-state index >= 15 is 0 Å². The molecule has 2 N–H and O–H groups in total. The minimum Gasteiger partial charge on any atom is -0.392 e. The SMILES string of the molecule is O=C(Nc1cccc(CN2CCC(O)C2)c1)c1cccc(SC(F)(F)F)c1. The summed E-state index contributed by atoms with van der Waals surface area (Å²) in [5.74, 6) is -0.464. The molecule has 1 aliphatic heterocycles. The predicted octanol–water partition coefficient (Wildman–Crippen LogP) is 4.12. The van der Waals surface area contributed by atoms with Crippen LogP contribution in [-0.2, 0) is 6.54 Å². The molecule has 4 nitrogen and oxygen atoms in total. The number of hydrogen-bond acceptors (Lipinski definition) is 4. The van der Waals surface area contributed by atoms with Crippen molar-refractivity contribution in [2.24, 2.45) is 0 Å². The van der Waals surface area contributed by atoms with Crippen LogP contribution in [0.5, 0.6) is 0 Å². The van der Waals surface area contributed by atoms with Crippen LogP contribution in [0.3, 0.4) is 0 Å². The highest BCUT2D eigenvalue weighted by Crippen LogP contribution is 2.37. The van der Waals surface area contributed by atoms with Crippen LogP contribution >= 0.6 is 11.8 Å². The Bertz CT molecular complexity index is 814. The van der Waals surface area contributed by atoms with Crippen molar-refractivity contribution in [3.05, 3.63) is 59.7 Å². The molecular formula is C19H19F3N2O2S. The number of aliphatic hydroxyl groups excluding tert-OH is 1. The monoisotopic (exact) mass is 396 g/mol. The third kappa shape index (κ3) is 5.98. The number of nitrogens with one attached hydrogen (secondary N) is 1. The quantitative estimate of drug-likeness (QED) is 0.747. The molecule has 2 aromatic rings. The van der Waals surface area contributed by atoms with Crippen LogP contribution in [0.15, 0.2) is 53.4 Å². The topological polar surface area (TPSA) is 52.6 Å². The van der Waals surface area contributed by atoms with Crippen LogP contribution in [0, 0.1) is 0 Å². The molecule has 2 aromatic carbocycles. The first-order chi connectivity index (χ1) is 12.8. The van der Waals surface area contributed by atoms with E-state index in [1.807, 2.05) is 18.2 Å². The average Bonchev–Trinajstić information content (AvgIpc) is 2.99. The van der Waals surface area contributed by atoms with E-state index in [0.717, 1.165) is 18.5 Å². The summed E-state index contributed by atoms with van der Waals surface area (Å²) >= 11 is -0.247. The van der Waals surface area contributed by atoms with Gasteiger partial charge in [0.1, 0.15) is 0 Å². The first kappa shape index (κ1) is 19.7. The molecule has 1 fully saturated rings. The molecule has 1 saturated heterocycles. The van der Waals surface area contributed by atoms with Crippen LogP contribution < -0.4 is 5.32 Å². The predicted molar refractivity (Wildman–Crippen MR) is 98.7 cm³/mol. The Morgan fingerprint density at radius 1 is 1.22 bits per heavy atom. The number of thioether (sulfide) groups is 1. The molecule has 1 atom stereocenters. The number of hydrogen-bond donors (Lipinski definition) is 2. The van der Waals surface area contributed by atoms with E-state index in [2.05, 4.69) is 10.2 Å². The van der Waals surface area contributed by atoms with Crippen molar-refractivity contribution in [3.8, 4) is 0 Å². The number of rotatable bonds is 5. The number of β-amino-alcohol motifs (C(OH)–C–C–N with tert-alkyl or cyclic N) is 1. The molecule has 0 aliphatic carbocycles. The number of amides is 1. The smallest absolute Gasteiger partial charge is 0.392 e. The lowest BCUT2D eigenvalue weighted by Gasteiger charge is -2.15. The van der Waals surface area contributed by atoms with Gasteiger partial charge in [0.25, 0.3) is 5.91 Å². The Kier molecular flexibility index (Phi) is 6.08. The van der Waals surface area contributed by atoms with E-state index in [9.17, 15) is 23.1 Å². The molecule has 8 heteroatoms. The van der Waals surface area contributed by atoms with Crippen LogP contribution in [0.25, 0.3) is 0 Å². The standard InChI is InChI=1S/C19H19F3N2O2S/c20-19(21,22)27-17-6-2-4-14(10-17)18(26)23-15-5-1-3-13(9-15)11-24-8-7-16(25)12-24/h1-6,9-10,16,25H,7-8,11-12H2,(H,23,26). The Labute approximate surface area is 159 Å². The van der Waals surface area contributed by atoms with Crippen LogP contribution in [-0.4, -0.2) is 40.6 Å². The molecule has 1 heterocycles. The van der Waals surface area contributed by atoms with Crippen LogP contribution in [0.4, 0.5) is 18.9 Å². The van der Waals surface area contributed by atoms with Crippen LogP contribution in [0.2, 0.25) is 0 Å². The van der Waals surface area contributed by atoms with Gasteiger partial charge in [0.15, 0.2) is 0 Å². The highest BCUT2D eigenvalue weighted by atomic mass is 32.2. The lowest BCUT2D eigenvalue weighted by molar-refractivity contribution is -0.0328. The van der Waals surface area contributed by atoms with Gasteiger partial charge < -0.3 is 10.4 Å². The van der Waals surface area contributed by atoms with E-state index < -0.39 is 11.4 Å². The van der Waals surface area contributed by atoms with Crippen molar-refractivity contribution in [2.75, 3.05) is 18.4 Å². The minimum atomic E-state index is -4.40. The molecule has 0 aromatic heterocycles. The van der Waals surface area contributed by atoms with Gasteiger partial charge in [-0.05, 0) is 54.1 Å². The first-order valence-electron chi connectivity index (χ1n) is 8.45. The Morgan fingerprint density at radius 2 is 2.00 bits per heavy atom. The molecular weight excluding hydrogens is 377 g/mol. The summed E-state index contributed by atoms with van der Waals surface area (Å²) in [4.78, 5) is 14.5. The molecule has 0 bridgehead atoms. The lowest BCUT2D eigenvalue weighted by Crippen LogP contribution is -2.21. The minimum absolute atomic E-state index is 0.0310. The zero-order valence-electron chi connectivity index (χ0n) is 14.4. The molecule has 1 unspecified atom stereocenters. The number of aliphatic hydroxyl groups is 1. The molecule has 0 radical (unpaired) electrons. The fourth-order valence-corrected chi connectivity index (χ4v) is 3.60. The summed E-state index contributed by atoms with van der Waals surface area (Å²) < 4.78 is 37.5. The highest BCUT2D eigenvalue weighted by molar-refractivity contribution is 8.00. The molecule has 3 rings (SSSR count). The van der Waals surface area contributed by atoms with Gasteiger partial charge in [-0.1, -0.05) is 18.2 Å². The second-order valence-corrected chi connectivity index (χ2v) is 7.55. The Hall–Kier alpha value is -2.03. The summed E-state index contributed by atoms with van der Waals surface area (Å²) in [6.07, 6.45) is 0.456. The van der Waals surface area contributed by atoms with Crippen molar-refractivity contribution in [3.63, 3.8) is 0 Å². The summed E-state index contributed by atoms with van der Waals surface area (Å²) in [7, 11) is 0. The zero-order chi connectivity index (χ0) is 19.4. The third-order valence-electron chi connectivity index (χ3n) is 4.17. The van der Waals surface area contributed by atoms with E-state index in [-0.39, 0.29) is 28.3 Å². The van der Waals surface area contributed by atoms with E-state index in [1.165, 1.54) is 24.3 Å². The second-order valence-electron chi connectivity index (χ2n) is 6.41. The molecule has 27 heavy (non-hydrogen) atoms. The maximum absolute atomic E-state index is 12.5. The summed E-state index contributed by atoms with van der Waals surface area (Å²) in [6.45, 7) is 2.11. The van der Waals surface area contributed by atoms with Gasteiger partial charge in [0.05, 0.1) is 6.10 Å². The van der Waals surface area contributed by atoms with Crippen molar-refractivity contribution in [1.82, 2.24) is 4.90 Å². The number of carbonyl (C=O) groups is 1. The molecule has 1 aliphatic rings. The van der Waals surface area contributed by atoms with Gasteiger partial charge in [-0.15, -0.1) is 0 Å². The first-order valence-corrected chi connectivity index (χ1v) is 9.27. The third-order valence-corrected chi connectivity index (χ3v) is 4.89. The van der Waals surface area contributed by atoms with Crippen molar-refractivity contribution in [2.45, 2.75) is 29.5 Å². The van der Waals surface area contributed by atoms with Crippen LogP contribution in [0.1, 0.15) is 22.3 Å². The number of carbonyl (C=O) groups excluding carboxylic acids is 1. The molecule has 1 amide bonds. The highest BCUT2D eigenvalue weighted by Gasteiger charge is 2.29. The van der Waals surface area contributed by atoms with Crippen molar-refractivity contribution < 1.29 is 23.1 Å². The van der Waals surface area contributed by atoms with E-state index in [4.69, 9.17) is 0 Å². The largest absolute Gasteiger partial charge is 0.446 e. The molecule has 0 saturated carbocycles. The number of likely N-dealkylation sites (tertiary alicyclic amines) is 1. The summed E-state index contributed by atoms with van der Waals surface area (Å²) in [5.41, 5.74) is -2.67. The Morgan fingerprint density at radius 3 is 2.70 bits per heavy atom. The van der Waals surface area contributed by atoms with E-state index in [0.29, 0.717) is 18.8 Å². The normalized spacial score (nSPS) is 17.9. The molecule has 144 valence electrons. The number of alkyl halides is 3. The summed E-state index contributed by atoms with van der Waals surface area (Å²) in [6, 6.07) is 12.8. The number of nitrogens with zero attached hydrogens (tertiary/aromatic N) is 1. The van der Waals surface area contributed by atoms with Crippen molar-refractivity contribution in [1.29, 1.82) is 0 Å². The molecule has 0 spiro atoms. The van der Waals surface area contributed by atoms with Gasteiger partial charge in [-0.3, -0.25) is 9.69 Å². The lowest BCUT2D eigenvalue weighted by atomic mass is 10.1. The maximum atomic E-state index is 12.5. The summed E-state index contributed by atoms with van der Waals surface area (Å²) in [5, 5.41) is 12.3. The van der Waals surface area contributed by atoms with Gasteiger partial charge in [-0.2, -0.15) is 13.2 Å². The van der Waals surface area contributed by atoms with Gasteiger partial charge in [0.2, 0.25) is 0 Å². The zero-order valence-corrected chi connectivity index (χ0v) is 15.2. The Balaban J connectivity index is 1.65. The maximum Gasteiger partial charge on any atom is 0.446 e. The van der Waals surface area contributed by atoms with Gasteiger partial charge in [-0.25, -0.2) is 0 Å². The van der Waals surface area contributed by atoms with Crippen molar-refractivity contribution >= 4 is 23.4 Å². The number of benzene rings is 2. The van der Waals surface area contributed by atoms with Gasteiger partial charge >= 0.3 is 5.51 Å². The fourth-order valence-electron chi connectivity index (χ4n) is 3.00. The number of anilines is 1. The average molecular weight is 396 g/mol.